The lowest BCUT2D eigenvalue weighted by atomic mass is 9.79. The molecule has 29 heavy (non-hydrogen) atoms. The van der Waals surface area contributed by atoms with E-state index in [0.717, 1.165) is 17.6 Å². The summed E-state index contributed by atoms with van der Waals surface area (Å²) in [7, 11) is -0.309. The highest BCUT2D eigenvalue weighted by molar-refractivity contribution is 7.99. The van der Waals surface area contributed by atoms with Crippen molar-refractivity contribution in [2.45, 2.75) is 30.1 Å². The topological polar surface area (TPSA) is 27.7 Å². The molecule has 2 atom stereocenters. The Labute approximate surface area is 177 Å². The second-order valence-electron chi connectivity index (χ2n) is 7.04. The first-order valence-electron chi connectivity index (χ1n) is 10.0. The predicted molar refractivity (Wildman–Crippen MR) is 119 cm³/mol. The molecule has 0 aliphatic carbocycles. The molecule has 0 aromatic heterocycles. The molecule has 3 nitrogen and oxygen atoms in total. The summed E-state index contributed by atoms with van der Waals surface area (Å²) in [5.74, 6) is 0.858. The molecule has 5 heteroatoms. The van der Waals surface area contributed by atoms with Crippen molar-refractivity contribution in [1.29, 1.82) is 0 Å². The summed E-state index contributed by atoms with van der Waals surface area (Å²) in [6, 6.07) is 30.9. The zero-order chi connectivity index (χ0) is 19.7. The van der Waals surface area contributed by atoms with Crippen LogP contribution in [0.5, 0.6) is 0 Å². The van der Waals surface area contributed by atoms with Crippen molar-refractivity contribution in [2.24, 2.45) is 0 Å². The number of hydrogen-bond donors (Lipinski definition) is 0. The number of thioether (sulfide) groups is 1. The van der Waals surface area contributed by atoms with Crippen LogP contribution in [-0.2, 0) is 20.7 Å². The molecule has 1 saturated heterocycles. The van der Waals surface area contributed by atoms with E-state index in [2.05, 4.69) is 48.5 Å². The maximum Gasteiger partial charge on any atom is 0.494 e. The van der Waals surface area contributed by atoms with Gasteiger partial charge in [0, 0.05) is 17.3 Å². The standard InChI is InChI=1S/C24H25BO3S/c1-4-10-20(11-5-1)18-26-17-16-23-24(19-29-22-14-8-3-9-15-22)28-25(27-23)21-12-6-2-7-13-21/h1-15,23-24H,16-19H2/t23-,24-/m1/s1. The van der Waals surface area contributed by atoms with Gasteiger partial charge in [-0.05, 0) is 29.6 Å². The molecule has 0 N–H and O–H groups in total. The van der Waals surface area contributed by atoms with Gasteiger partial charge < -0.3 is 14.0 Å². The highest BCUT2D eigenvalue weighted by Crippen LogP contribution is 2.27. The van der Waals surface area contributed by atoms with Gasteiger partial charge in [-0.25, -0.2) is 0 Å². The molecule has 0 unspecified atom stereocenters. The van der Waals surface area contributed by atoms with Crippen LogP contribution in [0.15, 0.2) is 95.9 Å². The maximum absolute atomic E-state index is 6.30. The molecule has 0 spiro atoms. The van der Waals surface area contributed by atoms with Gasteiger partial charge in [0.25, 0.3) is 0 Å². The highest BCUT2D eigenvalue weighted by atomic mass is 32.2. The van der Waals surface area contributed by atoms with Gasteiger partial charge in [-0.15, -0.1) is 11.8 Å². The molecule has 1 aliphatic heterocycles. The Morgan fingerprint density at radius 1 is 0.759 bits per heavy atom. The molecule has 3 aromatic rings. The average Bonchev–Trinajstić information content (AvgIpc) is 3.20. The summed E-state index contributed by atoms with van der Waals surface area (Å²) < 4.78 is 18.5. The van der Waals surface area contributed by atoms with Crippen LogP contribution in [0.25, 0.3) is 0 Å². The minimum Gasteiger partial charge on any atom is -0.402 e. The fourth-order valence-corrected chi connectivity index (χ4v) is 4.35. The number of rotatable bonds is 9. The van der Waals surface area contributed by atoms with Gasteiger partial charge in [-0.2, -0.15) is 0 Å². The van der Waals surface area contributed by atoms with E-state index >= 15 is 0 Å². The highest BCUT2D eigenvalue weighted by Gasteiger charge is 2.40. The second-order valence-corrected chi connectivity index (χ2v) is 8.14. The van der Waals surface area contributed by atoms with E-state index in [1.54, 1.807) is 0 Å². The van der Waals surface area contributed by atoms with E-state index in [1.165, 1.54) is 10.5 Å². The average molecular weight is 404 g/mol. The van der Waals surface area contributed by atoms with E-state index in [4.69, 9.17) is 14.0 Å². The van der Waals surface area contributed by atoms with Gasteiger partial charge in [0.2, 0.25) is 0 Å². The van der Waals surface area contributed by atoms with E-state index in [0.29, 0.717) is 13.2 Å². The van der Waals surface area contributed by atoms with Gasteiger partial charge in [-0.3, -0.25) is 0 Å². The van der Waals surface area contributed by atoms with E-state index in [-0.39, 0.29) is 19.3 Å². The van der Waals surface area contributed by atoms with E-state index in [9.17, 15) is 0 Å². The quantitative estimate of drug-likeness (QED) is 0.297. The Kier molecular flexibility index (Phi) is 7.43. The first-order valence-corrected chi connectivity index (χ1v) is 11.0. The fourth-order valence-electron chi connectivity index (χ4n) is 3.35. The Bertz CT molecular complexity index is 848. The van der Waals surface area contributed by atoms with Crippen molar-refractivity contribution in [2.75, 3.05) is 12.4 Å². The van der Waals surface area contributed by atoms with Crippen LogP contribution in [0.1, 0.15) is 12.0 Å². The van der Waals surface area contributed by atoms with Crippen molar-refractivity contribution in [3.63, 3.8) is 0 Å². The van der Waals surface area contributed by atoms with Crippen LogP contribution in [-0.4, -0.2) is 31.7 Å². The van der Waals surface area contributed by atoms with Crippen LogP contribution >= 0.6 is 11.8 Å². The normalized spacial score (nSPS) is 18.8. The van der Waals surface area contributed by atoms with Crippen LogP contribution in [0.4, 0.5) is 0 Å². The van der Waals surface area contributed by atoms with Crippen molar-refractivity contribution < 1.29 is 14.0 Å². The summed E-state index contributed by atoms with van der Waals surface area (Å²) in [5, 5.41) is 0. The number of hydrogen-bond acceptors (Lipinski definition) is 4. The largest absolute Gasteiger partial charge is 0.494 e. The molecular formula is C24H25BO3S. The van der Waals surface area contributed by atoms with Crippen molar-refractivity contribution in [3.8, 4) is 0 Å². The molecule has 4 rings (SSSR count). The zero-order valence-corrected chi connectivity index (χ0v) is 17.2. The molecule has 1 aliphatic rings. The molecule has 148 valence electrons. The van der Waals surface area contributed by atoms with Crippen LogP contribution in [0.3, 0.4) is 0 Å². The molecule has 0 amide bonds. The van der Waals surface area contributed by atoms with E-state index in [1.807, 2.05) is 54.2 Å². The lowest BCUT2D eigenvalue weighted by molar-refractivity contribution is 0.0757. The minimum atomic E-state index is -0.309. The second kappa shape index (κ2) is 10.7. The predicted octanol–water partition coefficient (Wildman–Crippen LogP) is 4.57. The number of ether oxygens (including phenoxy) is 1. The summed E-state index contributed by atoms with van der Waals surface area (Å²) in [6.07, 6.45) is 0.869. The maximum atomic E-state index is 6.30. The molecule has 1 fully saturated rings. The Hall–Kier alpha value is -2.05. The first-order chi connectivity index (χ1) is 14.4. The molecule has 1 heterocycles. The summed E-state index contributed by atoms with van der Waals surface area (Å²) in [4.78, 5) is 1.25. The van der Waals surface area contributed by atoms with Gasteiger partial charge >= 0.3 is 7.12 Å². The Balaban J connectivity index is 1.33. The smallest absolute Gasteiger partial charge is 0.402 e. The third kappa shape index (κ3) is 5.97. The van der Waals surface area contributed by atoms with Crippen LogP contribution < -0.4 is 5.46 Å². The molecule has 0 bridgehead atoms. The molecular weight excluding hydrogens is 379 g/mol. The van der Waals surface area contributed by atoms with Gasteiger partial charge in [-0.1, -0.05) is 78.9 Å². The van der Waals surface area contributed by atoms with Gasteiger partial charge in [0.05, 0.1) is 18.8 Å². The van der Waals surface area contributed by atoms with Crippen LogP contribution in [0, 0.1) is 0 Å². The third-order valence-electron chi connectivity index (χ3n) is 4.90. The lowest BCUT2D eigenvalue weighted by Crippen LogP contribution is -2.32. The third-order valence-corrected chi connectivity index (χ3v) is 6.00. The summed E-state index contributed by atoms with van der Waals surface area (Å²) in [6.45, 7) is 1.27. The van der Waals surface area contributed by atoms with Gasteiger partial charge in [0.15, 0.2) is 0 Å². The van der Waals surface area contributed by atoms with Crippen molar-refractivity contribution in [1.82, 2.24) is 0 Å². The van der Waals surface area contributed by atoms with Crippen LogP contribution in [0.2, 0.25) is 0 Å². The SMILES string of the molecule is c1ccc(COCC[C@H]2OB(c3ccccc3)O[C@@H]2CSc2ccccc2)cc1. The minimum absolute atomic E-state index is 0.0205. The van der Waals surface area contributed by atoms with Crippen molar-refractivity contribution in [3.05, 3.63) is 96.6 Å². The summed E-state index contributed by atoms with van der Waals surface area (Å²) in [5.41, 5.74) is 2.25. The Morgan fingerprint density at radius 3 is 2.10 bits per heavy atom. The molecule has 0 saturated carbocycles. The molecule has 3 aromatic carbocycles. The number of benzene rings is 3. The van der Waals surface area contributed by atoms with Crippen molar-refractivity contribution >= 4 is 24.3 Å². The monoisotopic (exact) mass is 404 g/mol. The summed E-state index contributed by atoms with van der Waals surface area (Å²) >= 11 is 1.81. The van der Waals surface area contributed by atoms with E-state index < -0.39 is 0 Å². The lowest BCUT2D eigenvalue weighted by Gasteiger charge is -2.18. The zero-order valence-electron chi connectivity index (χ0n) is 16.4. The van der Waals surface area contributed by atoms with Gasteiger partial charge in [0.1, 0.15) is 0 Å². The fraction of sp³-hybridized carbons (Fsp3) is 0.250. The first kappa shape index (κ1) is 20.2. The Morgan fingerprint density at radius 2 is 1.38 bits per heavy atom. The molecule has 0 radical (unpaired) electrons.